The van der Waals surface area contributed by atoms with Gasteiger partial charge in [-0.05, 0) is 37.5 Å². The van der Waals surface area contributed by atoms with Crippen molar-refractivity contribution in [1.29, 1.82) is 5.26 Å². The molecule has 0 amide bonds. The molecular formula is C15H22N2O. The summed E-state index contributed by atoms with van der Waals surface area (Å²) >= 11 is 0. The van der Waals surface area contributed by atoms with Gasteiger partial charge in [-0.15, -0.1) is 0 Å². The monoisotopic (exact) mass is 246 g/mol. The number of benzene rings is 1. The van der Waals surface area contributed by atoms with E-state index in [4.69, 9.17) is 5.26 Å². The first-order valence-corrected chi connectivity index (χ1v) is 6.32. The SMILES string of the molecule is CC(NCC(C)(O)C(C)C)c1cccc(C#N)c1. The first kappa shape index (κ1) is 14.7. The van der Waals surface area contributed by atoms with Gasteiger partial charge < -0.3 is 10.4 Å². The maximum atomic E-state index is 10.2. The zero-order valence-electron chi connectivity index (χ0n) is 11.6. The number of hydrogen-bond donors (Lipinski definition) is 2. The van der Waals surface area contributed by atoms with Crippen molar-refractivity contribution in [3.63, 3.8) is 0 Å². The summed E-state index contributed by atoms with van der Waals surface area (Å²) in [5.41, 5.74) is 1.01. The van der Waals surface area contributed by atoms with Crippen molar-refractivity contribution in [2.75, 3.05) is 6.54 Å². The van der Waals surface area contributed by atoms with Gasteiger partial charge in [0, 0.05) is 12.6 Å². The summed E-state index contributed by atoms with van der Waals surface area (Å²) in [5.74, 6) is 0.197. The Kier molecular flexibility index (Phi) is 4.89. The van der Waals surface area contributed by atoms with E-state index in [0.29, 0.717) is 12.1 Å². The fraction of sp³-hybridized carbons (Fsp3) is 0.533. The van der Waals surface area contributed by atoms with Crippen LogP contribution in [0.4, 0.5) is 0 Å². The van der Waals surface area contributed by atoms with Crippen molar-refractivity contribution in [3.8, 4) is 6.07 Å². The van der Waals surface area contributed by atoms with Crippen molar-refractivity contribution >= 4 is 0 Å². The predicted octanol–water partition coefficient (Wildman–Crippen LogP) is 2.62. The van der Waals surface area contributed by atoms with Gasteiger partial charge in [0.05, 0.1) is 17.2 Å². The maximum Gasteiger partial charge on any atom is 0.0991 e. The molecule has 0 aromatic heterocycles. The molecule has 2 N–H and O–H groups in total. The third kappa shape index (κ3) is 3.83. The Morgan fingerprint density at radius 3 is 2.61 bits per heavy atom. The fourth-order valence-corrected chi connectivity index (χ4v) is 1.56. The Bertz CT molecular complexity index is 432. The van der Waals surface area contributed by atoms with Gasteiger partial charge in [0.2, 0.25) is 0 Å². The van der Waals surface area contributed by atoms with E-state index in [1.807, 2.05) is 45.9 Å². The Hall–Kier alpha value is -1.37. The van der Waals surface area contributed by atoms with Crippen LogP contribution in [0.5, 0.6) is 0 Å². The molecule has 1 aromatic carbocycles. The molecular weight excluding hydrogens is 224 g/mol. The summed E-state index contributed by atoms with van der Waals surface area (Å²) < 4.78 is 0. The van der Waals surface area contributed by atoms with Crippen LogP contribution in [0.1, 0.15) is 44.9 Å². The highest BCUT2D eigenvalue weighted by molar-refractivity contribution is 5.34. The van der Waals surface area contributed by atoms with Crippen LogP contribution in [0.25, 0.3) is 0 Å². The van der Waals surface area contributed by atoms with Gasteiger partial charge in [0.15, 0.2) is 0 Å². The highest BCUT2D eigenvalue weighted by atomic mass is 16.3. The van der Waals surface area contributed by atoms with E-state index in [1.54, 1.807) is 6.07 Å². The van der Waals surface area contributed by atoms with Crippen molar-refractivity contribution < 1.29 is 5.11 Å². The Morgan fingerprint density at radius 2 is 2.06 bits per heavy atom. The molecule has 98 valence electrons. The fourth-order valence-electron chi connectivity index (χ4n) is 1.56. The van der Waals surface area contributed by atoms with Crippen molar-refractivity contribution in [1.82, 2.24) is 5.32 Å². The molecule has 1 aromatic rings. The lowest BCUT2D eigenvalue weighted by Gasteiger charge is -2.29. The first-order valence-electron chi connectivity index (χ1n) is 6.32. The van der Waals surface area contributed by atoms with E-state index in [0.717, 1.165) is 5.56 Å². The molecule has 18 heavy (non-hydrogen) atoms. The molecule has 0 heterocycles. The zero-order chi connectivity index (χ0) is 13.8. The summed E-state index contributed by atoms with van der Waals surface area (Å²) in [4.78, 5) is 0. The lowest BCUT2D eigenvalue weighted by atomic mass is 9.92. The molecule has 0 radical (unpaired) electrons. The van der Waals surface area contributed by atoms with Crippen molar-refractivity contribution in [3.05, 3.63) is 35.4 Å². The Morgan fingerprint density at radius 1 is 1.39 bits per heavy atom. The third-order valence-corrected chi connectivity index (χ3v) is 3.53. The van der Waals surface area contributed by atoms with E-state index < -0.39 is 5.60 Å². The molecule has 0 fully saturated rings. The molecule has 0 saturated carbocycles. The van der Waals surface area contributed by atoms with Gasteiger partial charge in [-0.2, -0.15) is 5.26 Å². The summed E-state index contributed by atoms with van der Waals surface area (Å²) in [6.07, 6.45) is 0. The minimum atomic E-state index is -0.721. The van der Waals surface area contributed by atoms with E-state index in [2.05, 4.69) is 11.4 Å². The number of rotatable bonds is 5. The second-order valence-electron chi connectivity index (χ2n) is 5.35. The van der Waals surface area contributed by atoms with Gasteiger partial charge in [0.25, 0.3) is 0 Å². The molecule has 3 heteroatoms. The molecule has 0 aliphatic carbocycles. The second kappa shape index (κ2) is 5.99. The molecule has 3 nitrogen and oxygen atoms in total. The van der Waals surface area contributed by atoms with Gasteiger partial charge in [0.1, 0.15) is 0 Å². The standard InChI is InChI=1S/C15H22N2O/c1-11(2)15(4,18)10-17-12(3)14-7-5-6-13(8-14)9-16/h5-8,11-12,17-18H,10H2,1-4H3. The van der Waals surface area contributed by atoms with Crippen LogP contribution >= 0.6 is 0 Å². The smallest absolute Gasteiger partial charge is 0.0991 e. The largest absolute Gasteiger partial charge is 0.389 e. The molecule has 2 unspecified atom stereocenters. The van der Waals surface area contributed by atoms with Crippen molar-refractivity contribution in [2.24, 2.45) is 5.92 Å². The van der Waals surface area contributed by atoms with Gasteiger partial charge >= 0.3 is 0 Å². The number of nitriles is 1. The van der Waals surface area contributed by atoms with Crippen LogP contribution < -0.4 is 5.32 Å². The zero-order valence-corrected chi connectivity index (χ0v) is 11.6. The van der Waals surface area contributed by atoms with Crippen LogP contribution in [0.3, 0.4) is 0 Å². The first-order chi connectivity index (χ1) is 8.36. The van der Waals surface area contributed by atoms with E-state index in [-0.39, 0.29) is 12.0 Å². The van der Waals surface area contributed by atoms with Crippen LogP contribution in [-0.4, -0.2) is 17.3 Å². The van der Waals surface area contributed by atoms with E-state index >= 15 is 0 Å². The molecule has 2 atom stereocenters. The number of hydrogen-bond acceptors (Lipinski definition) is 3. The van der Waals surface area contributed by atoms with Crippen LogP contribution in [-0.2, 0) is 0 Å². The summed E-state index contributed by atoms with van der Waals surface area (Å²) in [6, 6.07) is 9.79. The van der Waals surface area contributed by atoms with E-state index in [1.165, 1.54) is 0 Å². The van der Waals surface area contributed by atoms with Gasteiger partial charge in [-0.3, -0.25) is 0 Å². The molecule has 0 bridgehead atoms. The third-order valence-electron chi connectivity index (χ3n) is 3.53. The number of nitrogens with one attached hydrogen (secondary N) is 1. The highest BCUT2D eigenvalue weighted by Crippen LogP contribution is 2.18. The predicted molar refractivity (Wildman–Crippen MR) is 73.0 cm³/mol. The van der Waals surface area contributed by atoms with Gasteiger partial charge in [-0.1, -0.05) is 26.0 Å². The van der Waals surface area contributed by atoms with Crippen molar-refractivity contribution in [2.45, 2.75) is 39.3 Å². The van der Waals surface area contributed by atoms with Crippen LogP contribution in [0, 0.1) is 17.2 Å². The minimum absolute atomic E-state index is 0.114. The number of nitrogens with zero attached hydrogens (tertiary/aromatic N) is 1. The van der Waals surface area contributed by atoms with Crippen LogP contribution in [0.15, 0.2) is 24.3 Å². The quantitative estimate of drug-likeness (QED) is 0.839. The van der Waals surface area contributed by atoms with E-state index in [9.17, 15) is 5.11 Å². The summed E-state index contributed by atoms with van der Waals surface area (Å²) in [6.45, 7) is 8.41. The minimum Gasteiger partial charge on any atom is -0.389 e. The number of aliphatic hydroxyl groups is 1. The molecule has 0 spiro atoms. The average Bonchev–Trinajstić information content (AvgIpc) is 2.36. The lowest BCUT2D eigenvalue weighted by Crippen LogP contribution is -2.42. The Labute approximate surface area is 109 Å². The highest BCUT2D eigenvalue weighted by Gasteiger charge is 2.25. The maximum absolute atomic E-state index is 10.2. The Balaban J connectivity index is 2.66. The summed E-state index contributed by atoms with van der Waals surface area (Å²) in [5, 5.41) is 22.4. The average molecular weight is 246 g/mol. The molecule has 1 rings (SSSR count). The topological polar surface area (TPSA) is 56.0 Å². The second-order valence-corrected chi connectivity index (χ2v) is 5.35. The van der Waals surface area contributed by atoms with Gasteiger partial charge in [-0.25, -0.2) is 0 Å². The lowest BCUT2D eigenvalue weighted by molar-refractivity contribution is 0.0122. The molecule has 0 aliphatic rings. The molecule has 0 aliphatic heterocycles. The molecule has 0 saturated heterocycles. The summed E-state index contributed by atoms with van der Waals surface area (Å²) in [7, 11) is 0. The van der Waals surface area contributed by atoms with Crippen LogP contribution in [0.2, 0.25) is 0 Å². The normalized spacial score (nSPS) is 16.1.